The van der Waals surface area contributed by atoms with Crippen LogP contribution in [0.5, 0.6) is 0 Å². The number of nitrogens with one attached hydrogen (secondary N) is 1. The van der Waals surface area contributed by atoms with Crippen LogP contribution in [0.15, 0.2) is 103 Å². The summed E-state index contributed by atoms with van der Waals surface area (Å²) in [5.74, 6) is -0.101. The van der Waals surface area contributed by atoms with Crippen molar-refractivity contribution in [2.75, 3.05) is 7.05 Å². The third-order valence-corrected chi connectivity index (χ3v) is 4.99. The third kappa shape index (κ3) is 7.03. The van der Waals surface area contributed by atoms with Gasteiger partial charge in [-0.3, -0.25) is 4.79 Å². The summed E-state index contributed by atoms with van der Waals surface area (Å²) in [5.41, 5.74) is 5.97. The molecule has 4 aromatic rings. The minimum Gasteiger partial charge on any atom is -0.418 e. The number of aromatic nitrogens is 1. The van der Waals surface area contributed by atoms with Crippen molar-refractivity contribution < 1.29 is 26.6 Å². The molecule has 0 bridgehead atoms. The van der Waals surface area contributed by atoms with Crippen molar-refractivity contribution in [1.29, 1.82) is 0 Å². The van der Waals surface area contributed by atoms with E-state index in [4.69, 9.17) is 0 Å². The Bertz CT molecular complexity index is 1210. The predicted octanol–water partition coefficient (Wildman–Crippen LogP) is 6.02. The van der Waals surface area contributed by atoms with E-state index >= 15 is 0 Å². The second-order valence-electron chi connectivity index (χ2n) is 7.39. The number of amides is 1. The Morgan fingerprint density at radius 1 is 0.735 bits per heavy atom. The Balaban J connectivity index is 0.000000588. The maximum Gasteiger partial charge on any atom is 0.673 e. The number of benzene rings is 3. The smallest absolute Gasteiger partial charge is 0.418 e. The summed E-state index contributed by atoms with van der Waals surface area (Å²) in [6.45, 7) is 0.614. The van der Waals surface area contributed by atoms with Crippen LogP contribution in [0.4, 0.5) is 17.3 Å². The predicted molar refractivity (Wildman–Crippen MR) is 127 cm³/mol. The Hall–Kier alpha value is -3.94. The molecule has 34 heavy (non-hydrogen) atoms. The summed E-state index contributed by atoms with van der Waals surface area (Å²) >= 11 is 0. The van der Waals surface area contributed by atoms with Crippen LogP contribution in [0, 0.1) is 0 Å². The van der Waals surface area contributed by atoms with E-state index in [0.717, 1.165) is 27.9 Å². The largest absolute Gasteiger partial charge is 0.673 e. The molecule has 0 fully saturated rings. The molecule has 1 aromatic heterocycles. The van der Waals surface area contributed by atoms with Gasteiger partial charge in [-0.15, -0.1) is 0 Å². The zero-order valence-corrected chi connectivity index (χ0v) is 18.5. The zero-order valence-electron chi connectivity index (χ0n) is 18.5. The average molecular weight is 466 g/mol. The highest BCUT2D eigenvalue weighted by Gasteiger charge is 2.26. The van der Waals surface area contributed by atoms with Crippen LogP contribution in [0.3, 0.4) is 0 Å². The molecular weight excluding hydrogens is 443 g/mol. The Morgan fingerprint density at radius 2 is 1.21 bits per heavy atom. The molecule has 0 saturated heterocycles. The van der Waals surface area contributed by atoms with Crippen molar-refractivity contribution in [1.82, 2.24) is 5.32 Å². The molecule has 8 heteroatoms. The lowest BCUT2D eigenvalue weighted by atomic mass is 10.0. The number of hydrogen-bond acceptors (Lipinski definition) is 1. The van der Waals surface area contributed by atoms with Gasteiger partial charge < -0.3 is 22.6 Å². The molecule has 1 heterocycles. The average Bonchev–Trinajstić information content (AvgIpc) is 2.84. The van der Waals surface area contributed by atoms with E-state index in [1.807, 2.05) is 60.7 Å². The number of hydrogen-bond donors (Lipinski definition) is 1. The van der Waals surface area contributed by atoms with Gasteiger partial charge in [-0.25, -0.2) is 0 Å². The van der Waals surface area contributed by atoms with E-state index in [2.05, 4.69) is 52.3 Å². The van der Waals surface area contributed by atoms with Crippen LogP contribution in [-0.2, 0) is 6.54 Å². The monoisotopic (exact) mass is 466 g/mol. The zero-order chi connectivity index (χ0) is 24.6. The molecular formula is C26H23BF4N2O. The van der Waals surface area contributed by atoms with E-state index in [9.17, 15) is 22.1 Å². The van der Waals surface area contributed by atoms with Crippen molar-refractivity contribution in [2.45, 2.75) is 6.54 Å². The van der Waals surface area contributed by atoms with Gasteiger partial charge in [0.05, 0.1) is 0 Å². The number of halogens is 4. The van der Waals surface area contributed by atoms with Crippen LogP contribution >= 0.6 is 0 Å². The first-order valence-corrected chi connectivity index (χ1v) is 10.6. The van der Waals surface area contributed by atoms with E-state index in [0.29, 0.717) is 12.2 Å². The molecule has 0 aliphatic carbocycles. The van der Waals surface area contributed by atoms with Crippen LogP contribution in [0.1, 0.15) is 16.1 Å². The molecule has 0 aliphatic heterocycles. The van der Waals surface area contributed by atoms with Gasteiger partial charge in [0.1, 0.15) is 0 Å². The first kappa shape index (κ1) is 24.7. The maximum absolute atomic E-state index is 12.9. The molecule has 0 unspecified atom stereocenters. The van der Waals surface area contributed by atoms with Crippen LogP contribution < -0.4 is 9.88 Å². The Kier molecular flexibility index (Phi) is 8.19. The Morgan fingerprint density at radius 3 is 1.71 bits per heavy atom. The molecule has 0 spiro atoms. The fraction of sp³-hybridized carbons (Fsp3) is 0.0769. The third-order valence-electron chi connectivity index (χ3n) is 4.99. The van der Waals surface area contributed by atoms with Crippen LogP contribution in [0.25, 0.3) is 22.4 Å². The van der Waals surface area contributed by atoms with Gasteiger partial charge in [-0.1, -0.05) is 78.9 Å². The molecule has 3 nitrogen and oxygen atoms in total. The number of carbonyl (C=O) groups is 1. The lowest BCUT2D eigenvalue weighted by Gasteiger charge is -2.12. The highest BCUT2D eigenvalue weighted by Crippen LogP contribution is 2.25. The molecule has 0 atom stereocenters. The highest BCUT2D eigenvalue weighted by atomic mass is 19.5. The van der Waals surface area contributed by atoms with E-state index in [-0.39, 0.29) is 5.91 Å². The van der Waals surface area contributed by atoms with Crippen molar-refractivity contribution >= 4 is 13.2 Å². The standard InChI is InChI=1S/C26H22N2O.BF4/c1-27-26(29)25-18-23(21-13-7-3-8-14-21)17-24(22-15-9-4-10-16-22)28(25)19-20-11-5-2-6-12-20;2-1(3,4)5/h2-18H,19H2,1H3;/q;-1/p+1. The van der Waals surface area contributed by atoms with Crippen molar-refractivity contribution in [3.63, 3.8) is 0 Å². The van der Waals surface area contributed by atoms with E-state index in [1.165, 1.54) is 0 Å². The van der Waals surface area contributed by atoms with Gasteiger partial charge in [0.15, 0.2) is 6.54 Å². The van der Waals surface area contributed by atoms with Gasteiger partial charge in [0, 0.05) is 30.3 Å². The van der Waals surface area contributed by atoms with Gasteiger partial charge in [0.2, 0.25) is 5.69 Å². The normalized spacial score (nSPS) is 10.7. The quantitative estimate of drug-likeness (QED) is 0.218. The van der Waals surface area contributed by atoms with Crippen molar-refractivity contribution in [2.24, 2.45) is 0 Å². The van der Waals surface area contributed by atoms with Gasteiger partial charge in [0.25, 0.3) is 5.69 Å². The maximum atomic E-state index is 12.9. The fourth-order valence-corrected chi connectivity index (χ4v) is 3.52. The number of carbonyl (C=O) groups excluding carboxylic acids is 1. The SMILES string of the molecule is CNC(=O)c1cc(-c2ccccc2)cc(-c2ccccc2)[n+]1Cc1ccccc1.F[B-](F)(F)F. The molecule has 1 amide bonds. The second kappa shape index (κ2) is 11.3. The molecule has 4 rings (SSSR count). The van der Waals surface area contributed by atoms with E-state index < -0.39 is 7.25 Å². The molecule has 0 aliphatic rings. The summed E-state index contributed by atoms with van der Waals surface area (Å²) in [7, 11) is -4.33. The Labute approximate surface area is 195 Å². The summed E-state index contributed by atoms with van der Waals surface area (Å²) < 4.78 is 41.1. The summed E-state index contributed by atoms with van der Waals surface area (Å²) in [6.07, 6.45) is 0. The lowest BCUT2D eigenvalue weighted by Crippen LogP contribution is -2.45. The minimum atomic E-state index is -6.00. The van der Waals surface area contributed by atoms with Crippen LogP contribution in [0.2, 0.25) is 0 Å². The van der Waals surface area contributed by atoms with Gasteiger partial charge in [-0.05, 0) is 23.3 Å². The second-order valence-corrected chi connectivity index (χ2v) is 7.39. The molecule has 174 valence electrons. The minimum absolute atomic E-state index is 0.101. The highest BCUT2D eigenvalue weighted by molar-refractivity contribution is 6.50. The van der Waals surface area contributed by atoms with Gasteiger partial charge in [-0.2, -0.15) is 4.57 Å². The topological polar surface area (TPSA) is 33.0 Å². The number of nitrogens with zero attached hydrogens (tertiary/aromatic N) is 1. The first-order valence-electron chi connectivity index (χ1n) is 10.6. The lowest BCUT2D eigenvalue weighted by molar-refractivity contribution is -0.679. The molecule has 1 N–H and O–H groups in total. The van der Waals surface area contributed by atoms with Crippen molar-refractivity contribution in [3.05, 3.63) is 114 Å². The number of rotatable bonds is 5. The van der Waals surface area contributed by atoms with Crippen molar-refractivity contribution in [3.8, 4) is 22.4 Å². The molecule has 0 saturated carbocycles. The molecule has 3 aromatic carbocycles. The molecule has 0 radical (unpaired) electrons. The number of pyridine rings is 1. The summed E-state index contributed by atoms with van der Waals surface area (Å²) in [5, 5.41) is 2.81. The van der Waals surface area contributed by atoms with Gasteiger partial charge >= 0.3 is 13.2 Å². The fourth-order valence-electron chi connectivity index (χ4n) is 3.52. The summed E-state index contributed by atoms with van der Waals surface area (Å²) in [6, 6.07) is 34.8. The first-order chi connectivity index (χ1) is 16.3. The summed E-state index contributed by atoms with van der Waals surface area (Å²) in [4.78, 5) is 12.9. The van der Waals surface area contributed by atoms with Crippen LogP contribution in [-0.4, -0.2) is 20.2 Å². The van der Waals surface area contributed by atoms with E-state index in [1.54, 1.807) is 7.05 Å².